The summed E-state index contributed by atoms with van der Waals surface area (Å²) in [5.74, 6) is -0.947. The molecule has 0 bridgehead atoms. The molecule has 104 valence electrons. The molecule has 0 aromatic heterocycles. The molecule has 0 saturated carbocycles. The number of carbonyl (C=O) groups is 2. The first-order chi connectivity index (χ1) is 9.01. The summed E-state index contributed by atoms with van der Waals surface area (Å²) in [7, 11) is 1.24. The molecule has 0 aliphatic carbocycles. The van der Waals surface area contributed by atoms with Crippen molar-refractivity contribution in [3.05, 3.63) is 23.8 Å². The number of hydrogen-bond donors (Lipinski definition) is 1. The second-order valence-electron chi connectivity index (χ2n) is 3.72. The Kier molecular flexibility index (Phi) is 5.17. The van der Waals surface area contributed by atoms with Crippen molar-refractivity contribution in [2.45, 2.75) is 20.0 Å². The van der Waals surface area contributed by atoms with Crippen LogP contribution in [0, 0.1) is 0 Å². The van der Waals surface area contributed by atoms with Crippen molar-refractivity contribution in [2.75, 3.05) is 19.5 Å². The fraction of sp³-hybridized carbons (Fsp3) is 0.385. The van der Waals surface area contributed by atoms with Crippen molar-refractivity contribution in [3.8, 4) is 5.75 Å². The van der Waals surface area contributed by atoms with Crippen molar-refractivity contribution in [3.63, 3.8) is 0 Å². The van der Waals surface area contributed by atoms with Gasteiger partial charge in [0.2, 0.25) is 0 Å². The van der Waals surface area contributed by atoms with E-state index in [0.717, 1.165) is 0 Å². The van der Waals surface area contributed by atoms with Crippen LogP contribution < -0.4 is 10.5 Å². The van der Waals surface area contributed by atoms with Crippen LogP contribution in [0.1, 0.15) is 24.2 Å². The highest BCUT2D eigenvalue weighted by Crippen LogP contribution is 2.26. The number of carbonyl (C=O) groups excluding carboxylic acids is 2. The van der Waals surface area contributed by atoms with Crippen LogP contribution in [0.15, 0.2) is 18.2 Å². The predicted molar refractivity (Wildman–Crippen MR) is 68.9 cm³/mol. The fourth-order valence-corrected chi connectivity index (χ4v) is 1.46. The lowest BCUT2D eigenvalue weighted by Crippen LogP contribution is -2.27. The number of nitrogen functional groups attached to an aromatic ring is 1. The first kappa shape index (κ1) is 14.8. The van der Waals surface area contributed by atoms with Gasteiger partial charge in [0.1, 0.15) is 11.3 Å². The van der Waals surface area contributed by atoms with E-state index in [4.69, 9.17) is 15.2 Å². The van der Waals surface area contributed by atoms with Gasteiger partial charge in [-0.1, -0.05) is 6.07 Å². The van der Waals surface area contributed by atoms with E-state index in [0.29, 0.717) is 0 Å². The summed E-state index contributed by atoms with van der Waals surface area (Å²) in [4.78, 5) is 23.1. The van der Waals surface area contributed by atoms with Crippen LogP contribution in [-0.4, -0.2) is 31.8 Å². The molecule has 0 spiro atoms. The molecule has 0 fully saturated rings. The molecular weight excluding hydrogens is 250 g/mol. The van der Waals surface area contributed by atoms with E-state index in [9.17, 15) is 9.59 Å². The van der Waals surface area contributed by atoms with Gasteiger partial charge in [-0.25, -0.2) is 9.59 Å². The zero-order valence-corrected chi connectivity index (χ0v) is 11.1. The van der Waals surface area contributed by atoms with E-state index in [1.165, 1.54) is 14.0 Å². The highest BCUT2D eigenvalue weighted by atomic mass is 16.6. The Hall–Kier alpha value is -2.24. The Balaban J connectivity index is 2.98. The molecule has 6 nitrogen and oxygen atoms in total. The maximum Gasteiger partial charge on any atom is 0.347 e. The van der Waals surface area contributed by atoms with Gasteiger partial charge in [0.05, 0.1) is 13.7 Å². The van der Waals surface area contributed by atoms with Gasteiger partial charge >= 0.3 is 11.9 Å². The number of rotatable bonds is 5. The molecule has 2 N–H and O–H groups in total. The van der Waals surface area contributed by atoms with Gasteiger partial charge in [-0.2, -0.15) is 0 Å². The van der Waals surface area contributed by atoms with Crippen LogP contribution in [0.4, 0.5) is 5.69 Å². The molecule has 1 atom stereocenters. The zero-order chi connectivity index (χ0) is 14.4. The van der Waals surface area contributed by atoms with Crippen molar-refractivity contribution in [1.29, 1.82) is 0 Å². The van der Waals surface area contributed by atoms with E-state index in [-0.39, 0.29) is 23.6 Å². The monoisotopic (exact) mass is 267 g/mol. The molecule has 0 aliphatic heterocycles. The van der Waals surface area contributed by atoms with Crippen LogP contribution in [0.5, 0.6) is 5.75 Å². The third kappa shape index (κ3) is 3.61. The average molecular weight is 267 g/mol. The molecular formula is C13H17NO5. The van der Waals surface area contributed by atoms with E-state index in [1.807, 2.05) is 0 Å². The zero-order valence-electron chi connectivity index (χ0n) is 11.1. The van der Waals surface area contributed by atoms with E-state index >= 15 is 0 Å². The van der Waals surface area contributed by atoms with Gasteiger partial charge in [-0.3, -0.25) is 0 Å². The van der Waals surface area contributed by atoms with Gasteiger partial charge < -0.3 is 19.9 Å². The first-order valence-corrected chi connectivity index (χ1v) is 5.81. The van der Waals surface area contributed by atoms with Crippen LogP contribution in [0.2, 0.25) is 0 Å². The first-order valence-electron chi connectivity index (χ1n) is 5.81. The summed E-state index contributed by atoms with van der Waals surface area (Å²) in [6.07, 6.45) is -0.842. The predicted octanol–water partition coefficient (Wildman–Crippen LogP) is 1.39. The summed E-state index contributed by atoms with van der Waals surface area (Å²) in [5.41, 5.74) is 6.03. The number of ether oxygens (including phenoxy) is 3. The van der Waals surface area contributed by atoms with Gasteiger partial charge in [0.15, 0.2) is 6.10 Å². The van der Waals surface area contributed by atoms with Crippen LogP contribution in [0.3, 0.4) is 0 Å². The molecule has 0 amide bonds. The lowest BCUT2D eigenvalue weighted by atomic mass is 10.1. The summed E-state index contributed by atoms with van der Waals surface area (Å²) in [6.45, 7) is 3.49. The molecule has 0 saturated heterocycles. The summed E-state index contributed by atoms with van der Waals surface area (Å²) >= 11 is 0. The Morgan fingerprint density at radius 3 is 2.63 bits per heavy atom. The Bertz CT molecular complexity index is 472. The quantitative estimate of drug-likeness (QED) is 0.640. The van der Waals surface area contributed by atoms with Gasteiger partial charge in [0.25, 0.3) is 0 Å². The van der Waals surface area contributed by atoms with Crippen molar-refractivity contribution >= 4 is 17.6 Å². The van der Waals surface area contributed by atoms with Gasteiger partial charge in [-0.05, 0) is 26.0 Å². The number of anilines is 1. The lowest BCUT2D eigenvalue weighted by molar-refractivity contribution is -0.150. The third-order valence-electron chi connectivity index (χ3n) is 2.37. The lowest BCUT2D eigenvalue weighted by Gasteiger charge is -2.16. The number of methoxy groups -OCH3 is 1. The molecule has 0 heterocycles. The largest absolute Gasteiger partial charge is 0.478 e. The van der Waals surface area contributed by atoms with Crippen molar-refractivity contribution in [1.82, 2.24) is 0 Å². The minimum Gasteiger partial charge on any atom is -0.478 e. The third-order valence-corrected chi connectivity index (χ3v) is 2.37. The number of nitrogens with two attached hydrogens (primary N) is 1. The molecule has 1 aromatic rings. The molecule has 1 rings (SSSR count). The fourth-order valence-electron chi connectivity index (χ4n) is 1.46. The van der Waals surface area contributed by atoms with Crippen molar-refractivity contribution < 1.29 is 23.8 Å². The smallest absolute Gasteiger partial charge is 0.347 e. The summed E-state index contributed by atoms with van der Waals surface area (Å²) in [6, 6.07) is 4.71. The second-order valence-corrected chi connectivity index (χ2v) is 3.72. The standard InChI is InChI=1S/C13H17NO5/c1-4-18-12(15)8(2)19-10-7-5-6-9(14)11(10)13(16)17-3/h5-8H,4,14H2,1-3H3. The van der Waals surface area contributed by atoms with Crippen molar-refractivity contribution in [2.24, 2.45) is 0 Å². The normalized spacial score (nSPS) is 11.5. The minimum atomic E-state index is -0.842. The Morgan fingerprint density at radius 2 is 2.05 bits per heavy atom. The summed E-state index contributed by atoms with van der Waals surface area (Å²) < 4.78 is 14.9. The topological polar surface area (TPSA) is 87.9 Å². The Morgan fingerprint density at radius 1 is 1.37 bits per heavy atom. The number of hydrogen-bond acceptors (Lipinski definition) is 6. The van der Waals surface area contributed by atoms with Crippen LogP contribution in [0.25, 0.3) is 0 Å². The second kappa shape index (κ2) is 6.63. The maximum absolute atomic E-state index is 11.6. The molecule has 6 heteroatoms. The van der Waals surface area contributed by atoms with E-state index in [1.54, 1.807) is 25.1 Å². The molecule has 0 radical (unpaired) electrons. The molecule has 0 aliphatic rings. The molecule has 19 heavy (non-hydrogen) atoms. The minimum absolute atomic E-state index is 0.0983. The van der Waals surface area contributed by atoms with E-state index < -0.39 is 18.0 Å². The Labute approximate surface area is 111 Å². The number of esters is 2. The highest BCUT2D eigenvalue weighted by molar-refractivity contribution is 5.98. The summed E-state index contributed by atoms with van der Waals surface area (Å²) in [5, 5.41) is 0. The van der Waals surface area contributed by atoms with Crippen LogP contribution >= 0.6 is 0 Å². The average Bonchev–Trinajstić information content (AvgIpc) is 2.38. The maximum atomic E-state index is 11.6. The number of benzene rings is 1. The molecule has 1 aromatic carbocycles. The molecule has 1 unspecified atom stereocenters. The SMILES string of the molecule is CCOC(=O)C(C)Oc1cccc(N)c1C(=O)OC. The van der Waals surface area contributed by atoms with E-state index in [2.05, 4.69) is 4.74 Å². The highest BCUT2D eigenvalue weighted by Gasteiger charge is 2.22. The van der Waals surface area contributed by atoms with Crippen LogP contribution in [-0.2, 0) is 14.3 Å². The van der Waals surface area contributed by atoms with Gasteiger partial charge in [-0.15, -0.1) is 0 Å². The van der Waals surface area contributed by atoms with Gasteiger partial charge in [0, 0.05) is 5.69 Å².